The van der Waals surface area contributed by atoms with Crippen LogP contribution in [0.2, 0.25) is 5.02 Å². The van der Waals surface area contributed by atoms with Gasteiger partial charge in [0.1, 0.15) is 5.82 Å². The average molecular weight is 294 g/mol. The summed E-state index contributed by atoms with van der Waals surface area (Å²) in [6.45, 7) is 2.30. The van der Waals surface area contributed by atoms with E-state index in [0.29, 0.717) is 17.1 Å². The molecular weight excluding hydrogens is 277 g/mol. The van der Waals surface area contributed by atoms with Crippen molar-refractivity contribution in [2.24, 2.45) is 0 Å². The smallest absolute Gasteiger partial charge is 0.124 e. The van der Waals surface area contributed by atoms with Crippen LogP contribution in [0.5, 0.6) is 0 Å². The zero-order valence-corrected chi connectivity index (χ0v) is 12.0. The lowest BCUT2D eigenvalue weighted by Crippen LogP contribution is -2.42. The van der Waals surface area contributed by atoms with E-state index in [0.717, 1.165) is 5.56 Å². The molecular formula is C16H17ClFNO. The van der Waals surface area contributed by atoms with Gasteiger partial charge in [0.15, 0.2) is 0 Å². The second kappa shape index (κ2) is 6.35. The Balaban J connectivity index is 2.20. The van der Waals surface area contributed by atoms with Crippen LogP contribution < -0.4 is 5.32 Å². The van der Waals surface area contributed by atoms with E-state index in [1.165, 1.54) is 12.1 Å². The molecule has 4 heteroatoms. The first-order valence-corrected chi connectivity index (χ1v) is 6.78. The molecule has 2 aromatic rings. The Bertz CT molecular complexity index is 576. The Kier molecular flexibility index (Phi) is 4.76. The zero-order valence-electron chi connectivity index (χ0n) is 11.2. The van der Waals surface area contributed by atoms with Crippen molar-refractivity contribution < 1.29 is 9.50 Å². The van der Waals surface area contributed by atoms with Crippen LogP contribution in [0.3, 0.4) is 0 Å². The number of hydrogen-bond donors (Lipinski definition) is 2. The van der Waals surface area contributed by atoms with E-state index in [2.05, 4.69) is 5.32 Å². The summed E-state index contributed by atoms with van der Waals surface area (Å²) < 4.78 is 13.1. The molecule has 0 radical (unpaired) electrons. The zero-order chi connectivity index (χ0) is 14.6. The first-order valence-electron chi connectivity index (χ1n) is 6.40. The van der Waals surface area contributed by atoms with Crippen LogP contribution >= 0.6 is 11.6 Å². The SMILES string of the molecule is CC(CO)(NCc1ccccc1)c1ccc(F)cc1Cl. The lowest BCUT2D eigenvalue weighted by Gasteiger charge is -2.30. The number of halogens is 2. The summed E-state index contributed by atoms with van der Waals surface area (Å²) in [6.07, 6.45) is 0. The highest BCUT2D eigenvalue weighted by Crippen LogP contribution is 2.28. The van der Waals surface area contributed by atoms with Crippen molar-refractivity contribution in [3.05, 3.63) is 70.5 Å². The molecule has 0 amide bonds. The third-order valence-electron chi connectivity index (χ3n) is 3.37. The molecule has 0 aliphatic heterocycles. The van der Waals surface area contributed by atoms with Gasteiger partial charge in [0, 0.05) is 11.6 Å². The molecule has 106 valence electrons. The molecule has 0 spiro atoms. The van der Waals surface area contributed by atoms with Crippen LogP contribution in [0.25, 0.3) is 0 Å². The Morgan fingerprint density at radius 3 is 2.50 bits per heavy atom. The molecule has 2 aromatic carbocycles. The monoisotopic (exact) mass is 293 g/mol. The van der Waals surface area contributed by atoms with Crippen molar-refractivity contribution in [3.63, 3.8) is 0 Å². The molecule has 2 nitrogen and oxygen atoms in total. The van der Waals surface area contributed by atoms with Crippen molar-refractivity contribution in [3.8, 4) is 0 Å². The first kappa shape index (κ1) is 15.0. The van der Waals surface area contributed by atoms with Crippen molar-refractivity contribution in [1.29, 1.82) is 0 Å². The van der Waals surface area contributed by atoms with E-state index in [-0.39, 0.29) is 12.4 Å². The summed E-state index contributed by atoms with van der Waals surface area (Å²) in [5.74, 6) is -0.387. The number of nitrogens with one attached hydrogen (secondary N) is 1. The Morgan fingerprint density at radius 2 is 1.90 bits per heavy atom. The highest BCUT2D eigenvalue weighted by Gasteiger charge is 2.27. The van der Waals surface area contributed by atoms with E-state index in [9.17, 15) is 9.50 Å². The maximum atomic E-state index is 13.1. The Labute approximate surface area is 123 Å². The summed E-state index contributed by atoms with van der Waals surface area (Å²) in [7, 11) is 0. The van der Waals surface area contributed by atoms with Gasteiger partial charge in [-0.05, 0) is 30.2 Å². The molecule has 1 unspecified atom stereocenters. The molecule has 0 aromatic heterocycles. The van der Waals surface area contributed by atoms with Gasteiger partial charge in [-0.2, -0.15) is 0 Å². The molecule has 0 heterocycles. The molecule has 0 aliphatic rings. The fourth-order valence-electron chi connectivity index (χ4n) is 2.07. The molecule has 0 bridgehead atoms. The first-order chi connectivity index (χ1) is 9.55. The molecule has 20 heavy (non-hydrogen) atoms. The summed E-state index contributed by atoms with van der Waals surface area (Å²) in [4.78, 5) is 0. The van der Waals surface area contributed by atoms with Gasteiger partial charge in [-0.25, -0.2) is 4.39 Å². The van der Waals surface area contributed by atoms with Gasteiger partial charge in [0.25, 0.3) is 0 Å². The minimum atomic E-state index is -0.722. The topological polar surface area (TPSA) is 32.3 Å². The van der Waals surface area contributed by atoms with Gasteiger partial charge in [-0.1, -0.05) is 48.0 Å². The number of benzene rings is 2. The summed E-state index contributed by atoms with van der Waals surface area (Å²) >= 11 is 6.08. The van der Waals surface area contributed by atoms with Gasteiger partial charge in [-0.3, -0.25) is 0 Å². The molecule has 0 saturated heterocycles. The van der Waals surface area contributed by atoms with Gasteiger partial charge < -0.3 is 10.4 Å². The summed E-state index contributed by atoms with van der Waals surface area (Å²) in [5, 5.41) is 13.3. The largest absolute Gasteiger partial charge is 0.394 e. The van der Waals surface area contributed by atoms with E-state index in [1.54, 1.807) is 6.07 Å². The van der Waals surface area contributed by atoms with Crippen LogP contribution in [0.1, 0.15) is 18.1 Å². The molecule has 0 fully saturated rings. The van der Waals surface area contributed by atoms with Crippen molar-refractivity contribution in [2.45, 2.75) is 19.0 Å². The Morgan fingerprint density at radius 1 is 1.20 bits per heavy atom. The number of aliphatic hydroxyl groups excluding tert-OH is 1. The predicted octanol–water partition coefficient (Wildman–Crippen LogP) is 3.48. The molecule has 2 rings (SSSR count). The number of hydrogen-bond acceptors (Lipinski definition) is 2. The minimum Gasteiger partial charge on any atom is -0.394 e. The van der Waals surface area contributed by atoms with E-state index in [4.69, 9.17) is 11.6 Å². The molecule has 0 saturated carbocycles. The second-order valence-electron chi connectivity index (χ2n) is 4.95. The molecule has 0 aliphatic carbocycles. The summed E-state index contributed by atoms with van der Waals surface area (Å²) in [6, 6.07) is 14.1. The third kappa shape index (κ3) is 3.37. The predicted molar refractivity (Wildman–Crippen MR) is 79.1 cm³/mol. The normalized spacial score (nSPS) is 14.0. The Hall–Kier alpha value is -1.42. The van der Waals surface area contributed by atoms with Gasteiger partial charge in [0.2, 0.25) is 0 Å². The average Bonchev–Trinajstić information content (AvgIpc) is 2.46. The maximum Gasteiger partial charge on any atom is 0.124 e. The quantitative estimate of drug-likeness (QED) is 0.885. The lowest BCUT2D eigenvalue weighted by atomic mass is 9.92. The van der Waals surface area contributed by atoms with Gasteiger partial charge in [0.05, 0.1) is 12.1 Å². The second-order valence-corrected chi connectivity index (χ2v) is 5.36. The molecule has 2 N–H and O–H groups in total. The van der Waals surface area contributed by atoms with E-state index < -0.39 is 5.54 Å². The lowest BCUT2D eigenvalue weighted by molar-refractivity contribution is 0.173. The van der Waals surface area contributed by atoms with E-state index in [1.807, 2.05) is 37.3 Å². The standard InChI is InChI=1S/C16H17ClFNO/c1-16(11-20,14-8-7-13(18)9-15(14)17)19-10-12-5-3-2-4-6-12/h2-9,19-20H,10-11H2,1H3. The van der Waals surface area contributed by atoms with E-state index >= 15 is 0 Å². The van der Waals surface area contributed by atoms with Gasteiger partial charge in [-0.15, -0.1) is 0 Å². The van der Waals surface area contributed by atoms with Crippen LogP contribution in [0.15, 0.2) is 48.5 Å². The van der Waals surface area contributed by atoms with Crippen molar-refractivity contribution in [1.82, 2.24) is 5.32 Å². The van der Waals surface area contributed by atoms with Crippen molar-refractivity contribution in [2.75, 3.05) is 6.61 Å². The highest BCUT2D eigenvalue weighted by atomic mass is 35.5. The number of aliphatic hydroxyl groups is 1. The highest BCUT2D eigenvalue weighted by molar-refractivity contribution is 6.31. The van der Waals surface area contributed by atoms with Crippen LogP contribution in [0, 0.1) is 5.82 Å². The molecule has 1 atom stereocenters. The minimum absolute atomic E-state index is 0.134. The summed E-state index contributed by atoms with van der Waals surface area (Å²) in [5.41, 5.74) is 1.06. The van der Waals surface area contributed by atoms with Crippen LogP contribution in [-0.2, 0) is 12.1 Å². The fraction of sp³-hybridized carbons (Fsp3) is 0.250. The third-order valence-corrected chi connectivity index (χ3v) is 3.68. The maximum absolute atomic E-state index is 13.1. The number of rotatable bonds is 5. The van der Waals surface area contributed by atoms with Crippen molar-refractivity contribution >= 4 is 11.6 Å². The fourth-order valence-corrected chi connectivity index (χ4v) is 2.44. The van der Waals surface area contributed by atoms with Crippen LogP contribution in [0.4, 0.5) is 4.39 Å². The van der Waals surface area contributed by atoms with Crippen LogP contribution in [-0.4, -0.2) is 11.7 Å². The van der Waals surface area contributed by atoms with Gasteiger partial charge >= 0.3 is 0 Å².